The molecule has 0 aliphatic carbocycles. The van der Waals surface area contributed by atoms with Crippen LogP contribution in [0.3, 0.4) is 0 Å². The van der Waals surface area contributed by atoms with E-state index in [4.69, 9.17) is 5.11 Å². The fraction of sp³-hybridized carbons (Fsp3) is 0.273. The maximum absolute atomic E-state index is 11.5. The molecule has 0 spiro atoms. The number of halogens is 1. The molecule has 0 saturated carbocycles. The largest absolute Gasteiger partial charge is 0.481 e. The number of rotatable bonds is 5. The molecular formula is C11H12BrNO3S. The summed E-state index contributed by atoms with van der Waals surface area (Å²) in [5.41, 5.74) is 1.78. The number of carbonyl (C=O) groups excluding carboxylic acids is 1. The maximum Gasteiger partial charge on any atom is 0.313 e. The summed E-state index contributed by atoms with van der Waals surface area (Å²) in [4.78, 5) is 21.8. The predicted molar refractivity (Wildman–Crippen MR) is 72.5 cm³/mol. The van der Waals surface area contributed by atoms with E-state index in [1.807, 2.05) is 19.1 Å². The first-order valence-corrected chi connectivity index (χ1v) is 6.79. The number of aryl methyl sites for hydroxylation is 1. The molecular weight excluding hydrogens is 306 g/mol. The van der Waals surface area contributed by atoms with Crippen molar-refractivity contribution in [1.82, 2.24) is 0 Å². The molecule has 1 amide bonds. The molecule has 1 aromatic rings. The number of thioether (sulfide) groups is 1. The summed E-state index contributed by atoms with van der Waals surface area (Å²) in [6.45, 7) is 1.96. The molecule has 0 radical (unpaired) electrons. The predicted octanol–water partition coefficient (Wildman–Crippen LogP) is 2.51. The second-order valence-corrected chi connectivity index (χ2v) is 5.26. The van der Waals surface area contributed by atoms with Crippen molar-refractivity contribution < 1.29 is 14.7 Å². The molecule has 0 aliphatic rings. The minimum absolute atomic E-state index is 0.0670. The van der Waals surface area contributed by atoms with Crippen molar-refractivity contribution in [3.63, 3.8) is 0 Å². The summed E-state index contributed by atoms with van der Waals surface area (Å²) in [7, 11) is 0. The van der Waals surface area contributed by atoms with Crippen LogP contribution in [0.2, 0.25) is 0 Å². The van der Waals surface area contributed by atoms with Crippen molar-refractivity contribution in [2.45, 2.75) is 6.92 Å². The molecule has 0 bridgehead atoms. The number of hydrogen-bond acceptors (Lipinski definition) is 3. The lowest BCUT2D eigenvalue weighted by Gasteiger charge is -2.07. The molecule has 0 atom stereocenters. The topological polar surface area (TPSA) is 66.4 Å². The number of carbonyl (C=O) groups is 2. The first kappa shape index (κ1) is 14.1. The monoisotopic (exact) mass is 317 g/mol. The molecule has 4 nitrogen and oxygen atoms in total. The van der Waals surface area contributed by atoms with Gasteiger partial charge in [0.1, 0.15) is 0 Å². The lowest BCUT2D eigenvalue weighted by atomic mass is 10.2. The van der Waals surface area contributed by atoms with Crippen LogP contribution in [0.15, 0.2) is 22.7 Å². The Morgan fingerprint density at radius 2 is 2.12 bits per heavy atom. The third-order valence-electron chi connectivity index (χ3n) is 1.86. The Morgan fingerprint density at radius 3 is 2.71 bits per heavy atom. The molecule has 6 heteroatoms. The van der Waals surface area contributed by atoms with Crippen LogP contribution in [0.25, 0.3) is 0 Å². The first-order chi connectivity index (χ1) is 7.99. The Bertz CT molecular complexity index is 437. The minimum atomic E-state index is -0.917. The van der Waals surface area contributed by atoms with Crippen LogP contribution < -0.4 is 5.32 Å². The molecule has 0 aliphatic heterocycles. The maximum atomic E-state index is 11.5. The molecule has 17 heavy (non-hydrogen) atoms. The number of anilines is 1. The van der Waals surface area contributed by atoms with Crippen molar-refractivity contribution in [3.8, 4) is 0 Å². The summed E-state index contributed by atoms with van der Waals surface area (Å²) >= 11 is 4.42. The van der Waals surface area contributed by atoms with E-state index in [0.29, 0.717) is 5.69 Å². The van der Waals surface area contributed by atoms with E-state index in [1.54, 1.807) is 6.07 Å². The number of carboxylic acids is 1. The van der Waals surface area contributed by atoms with E-state index in [1.165, 1.54) is 0 Å². The molecule has 0 unspecified atom stereocenters. The Hall–Kier alpha value is -1.01. The van der Waals surface area contributed by atoms with Gasteiger partial charge in [-0.25, -0.2) is 0 Å². The zero-order chi connectivity index (χ0) is 12.8. The summed E-state index contributed by atoms with van der Waals surface area (Å²) in [5.74, 6) is -1.06. The number of benzene rings is 1. The zero-order valence-electron chi connectivity index (χ0n) is 9.20. The van der Waals surface area contributed by atoms with Crippen molar-refractivity contribution in [1.29, 1.82) is 0 Å². The summed E-state index contributed by atoms with van der Waals surface area (Å²) in [6.07, 6.45) is 0. The number of carboxylic acid groups (broad SMARTS) is 1. The van der Waals surface area contributed by atoms with E-state index in [0.717, 1.165) is 21.8 Å². The Kier molecular flexibility index (Phi) is 5.50. The van der Waals surface area contributed by atoms with Crippen LogP contribution in [0, 0.1) is 6.92 Å². The molecule has 1 aromatic carbocycles. The zero-order valence-corrected chi connectivity index (χ0v) is 11.6. The van der Waals surface area contributed by atoms with Gasteiger partial charge < -0.3 is 10.4 Å². The van der Waals surface area contributed by atoms with Crippen LogP contribution in [0.4, 0.5) is 5.69 Å². The van der Waals surface area contributed by atoms with Gasteiger partial charge in [-0.05, 0) is 40.5 Å². The standard InChI is InChI=1S/C11H12BrNO3S/c1-7-2-3-9(8(12)4-7)13-10(14)5-17-6-11(15)16/h2-4H,5-6H2,1H3,(H,13,14)(H,15,16). The highest BCUT2D eigenvalue weighted by Crippen LogP contribution is 2.23. The average Bonchev–Trinajstić information content (AvgIpc) is 2.21. The lowest BCUT2D eigenvalue weighted by Crippen LogP contribution is -2.15. The van der Waals surface area contributed by atoms with Gasteiger partial charge in [-0.15, -0.1) is 11.8 Å². The van der Waals surface area contributed by atoms with Gasteiger partial charge in [0, 0.05) is 4.47 Å². The first-order valence-electron chi connectivity index (χ1n) is 4.84. The molecule has 1 rings (SSSR count). The molecule has 0 aromatic heterocycles. The van der Waals surface area contributed by atoms with Gasteiger partial charge in [-0.3, -0.25) is 9.59 Å². The fourth-order valence-corrected chi connectivity index (χ4v) is 2.27. The van der Waals surface area contributed by atoms with Crippen molar-refractivity contribution >= 4 is 45.3 Å². The smallest absolute Gasteiger partial charge is 0.313 e. The van der Waals surface area contributed by atoms with E-state index in [2.05, 4.69) is 21.2 Å². The molecule has 92 valence electrons. The number of hydrogen-bond donors (Lipinski definition) is 2. The number of aliphatic carboxylic acids is 1. The second-order valence-electron chi connectivity index (χ2n) is 3.42. The van der Waals surface area contributed by atoms with Crippen LogP contribution in [-0.2, 0) is 9.59 Å². The van der Waals surface area contributed by atoms with Crippen LogP contribution >= 0.6 is 27.7 Å². The van der Waals surface area contributed by atoms with Crippen molar-refractivity contribution in [2.75, 3.05) is 16.8 Å². The number of nitrogens with one attached hydrogen (secondary N) is 1. The van der Waals surface area contributed by atoms with E-state index in [9.17, 15) is 9.59 Å². The highest BCUT2D eigenvalue weighted by molar-refractivity contribution is 9.10. The lowest BCUT2D eigenvalue weighted by molar-refractivity contribution is -0.133. The van der Waals surface area contributed by atoms with E-state index < -0.39 is 5.97 Å². The van der Waals surface area contributed by atoms with Gasteiger partial charge in [0.05, 0.1) is 17.2 Å². The van der Waals surface area contributed by atoms with Crippen molar-refractivity contribution in [2.24, 2.45) is 0 Å². The summed E-state index contributed by atoms with van der Waals surface area (Å²) in [5, 5.41) is 11.1. The van der Waals surface area contributed by atoms with Crippen LogP contribution in [0.5, 0.6) is 0 Å². The second kappa shape index (κ2) is 6.66. The average molecular weight is 318 g/mol. The summed E-state index contributed by atoms with van der Waals surface area (Å²) in [6, 6.07) is 5.60. The highest BCUT2D eigenvalue weighted by atomic mass is 79.9. The van der Waals surface area contributed by atoms with Gasteiger partial charge in [-0.1, -0.05) is 6.07 Å². The van der Waals surface area contributed by atoms with Gasteiger partial charge in [0.2, 0.25) is 5.91 Å². The van der Waals surface area contributed by atoms with Crippen LogP contribution in [0.1, 0.15) is 5.56 Å². The number of amides is 1. The summed E-state index contributed by atoms with van der Waals surface area (Å²) < 4.78 is 0.814. The Morgan fingerprint density at radius 1 is 1.41 bits per heavy atom. The Labute approximate surface area is 112 Å². The van der Waals surface area contributed by atoms with E-state index in [-0.39, 0.29) is 17.4 Å². The minimum Gasteiger partial charge on any atom is -0.481 e. The van der Waals surface area contributed by atoms with Gasteiger partial charge in [-0.2, -0.15) is 0 Å². The quantitative estimate of drug-likeness (QED) is 0.875. The van der Waals surface area contributed by atoms with Gasteiger partial charge in [0.25, 0.3) is 0 Å². The van der Waals surface area contributed by atoms with Crippen LogP contribution in [-0.4, -0.2) is 28.5 Å². The third-order valence-corrected chi connectivity index (χ3v) is 3.43. The molecule has 2 N–H and O–H groups in total. The third kappa shape index (κ3) is 5.23. The molecule has 0 heterocycles. The molecule has 0 fully saturated rings. The highest BCUT2D eigenvalue weighted by Gasteiger charge is 2.07. The van der Waals surface area contributed by atoms with E-state index >= 15 is 0 Å². The normalized spacial score (nSPS) is 10.0. The van der Waals surface area contributed by atoms with Crippen molar-refractivity contribution in [3.05, 3.63) is 28.2 Å². The van der Waals surface area contributed by atoms with Gasteiger partial charge >= 0.3 is 5.97 Å². The fourth-order valence-electron chi connectivity index (χ4n) is 1.14. The molecule has 0 saturated heterocycles. The van der Waals surface area contributed by atoms with Gasteiger partial charge in [0.15, 0.2) is 0 Å². The Balaban J connectivity index is 2.48. The SMILES string of the molecule is Cc1ccc(NC(=O)CSCC(=O)O)c(Br)c1.